The average Bonchev–Trinajstić information content (AvgIpc) is 3.53. The van der Waals surface area contributed by atoms with Crippen LogP contribution < -0.4 is 5.56 Å². The molecule has 4 heterocycles. The van der Waals surface area contributed by atoms with Gasteiger partial charge in [0, 0.05) is 43.6 Å². The minimum atomic E-state index is -1.16. The zero-order chi connectivity index (χ0) is 32.5. The number of piperidine rings is 2. The molecule has 0 radical (unpaired) electrons. The number of hydrogen-bond donors (Lipinski definition) is 2. The molecule has 9 heteroatoms. The maximum absolute atomic E-state index is 14.4. The van der Waals surface area contributed by atoms with Crippen LogP contribution in [0.1, 0.15) is 41.9 Å². The van der Waals surface area contributed by atoms with Gasteiger partial charge in [0.2, 0.25) is 5.91 Å². The van der Waals surface area contributed by atoms with E-state index in [9.17, 15) is 19.1 Å². The predicted octanol–water partition coefficient (Wildman–Crippen LogP) is 5.50. The smallest absolute Gasteiger partial charge is 0.262 e. The molecule has 2 atom stereocenters. The molecule has 0 saturated carbocycles. The molecule has 0 aliphatic carbocycles. The number of likely N-dealkylation sites (tertiary alicyclic amines) is 2. The molecule has 2 saturated heterocycles. The summed E-state index contributed by atoms with van der Waals surface area (Å²) in [4.78, 5) is 39.3. The van der Waals surface area contributed by atoms with Gasteiger partial charge in [-0.1, -0.05) is 72.3 Å². The van der Waals surface area contributed by atoms with Gasteiger partial charge in [-0.2, -0.15) is 0 Å². The molecule has 0 spiro atoms. The topological polar surface area (TPSA) is 94.5 Å². The van der Waals surface area contributed by atoms with Crippen LogP contribution in [0.4, 0.5) is 4.39 Å². The van der Waals surface area contributed by atoms with Crippen molar-refractivity contribution in [3.63, 3.8) is 0 Å². The van der Waals surface area contributed by atoms with E-state index in [1.165, 1.54) is 33.7 Å². The summed E-state index contributed by atoms with van der Waals surface area (Å²) >= 11 is 0. The highest BCUT2D eigenvalue weighted by Gasteiger charge is 2.41. The van der Waals surface area contributed by atoms with Crippen molar-refractivity contribution in [3.8, 4) is 11.3 Å². The minimum absolute atomic E-state index is 0.0705. The molecule has 3 aromatic carbocycles. The SMILES string of the molecule is Cc1ccc(CN2CC[C@@H](C(=O)N3CCC(O)(Cn4cnc5[nH]c(-c6ccccc6F)cc5c4=O)CC3)[C@H](c3ccccc3)C2)cc1. The quantitative estimate of drug-likeness (QED) is 0.247. The third kappa shape index (κ3) is 6.50. The van der Waals surface area contributed by atoms with Gasteiger partial charge in [-0.15, -0.1) is 0 Å². The summed E-state index contributed by atoms with van der Waals surface area (Å²) in [7, 11) is 0. The summed E-state index contributed by atoms with van der Waals surface area (Å²) in [5.41, 5.74) is 3.44. The molecule has 2 aliphatic heterocycles. The fourth-order valence-electron chi connectivity index (χ4n) is 7.28. The van der Waals surface area contributed by atoms with Gasteiger partial charge >= 0.3 is 0 Å². The summed E-state index contributed by atoms with van der Waals surface area (Å²) in [6.45, 7) is 5.52. The first-order chi connectivity index (χ1) is 22.8. The monoisotopic (exact) mass is 633 g/mol. The molecule has 2 aliphatic rings. The van der Waals surface area contributed by atoms with E-state index in [1.54, 1.807) is 24.3 Å². The number of aryl methyl sites for hydroxylation is 1. The van der Waals surface area contributed by atoms with Crippen molar-refractivity contribution < 1.29 is 14.3 Å². The van der Waals surface area contributed by atoms with Crippen molar-refractivity contribution in [3.05, 3.63) is 124 Å². The summed E-state index contributed by atoms with van der Waals surface area (Å²) in [5.74, 6) is -0.304. The van der Waals surface area contributed by atoms with Crippen molar-refractivity contribution in [2.24, 2.45) is 5.92 Å². The Morgan fingerprint density at radius 2 is 1.72 bits per heavy atom. The lowest BCUT2D eigenvalue weighted by atomic mass is 9.79. The number of hydrogen-bond acceptors (Lipinski definition) is 5. The molecular formula is C38H40FN5O3. The van der Waals surface area contributed by atoms with Gasteiger partial charge in [0.15, 0.2) is 0 Å². The largest absolute Gasteiger partial charge is 0.388 e. The Labute approximate surface area is 273 Å². The summed E-state index contributed by atoms with van der Waals surface area (Å²) in [5, 5.41) is 11.9. The lowest BCUT2D eigenvalue weighted by Gasteiger charge is -2.43. The number of aromatic nitrogens is 3. The van der Waals surface area contributed by atoms with E-state index < -0.39 is 11.4 Å². The number of amides is 1. The van der Waals surface area contributed by atoms with Crippen molar-refractivity contribution in [1.82, 2.24) is 24.3 Å². The summed E-state index contributed by atoms with van der Waals surface area (Å²) in [6.07, 6.45) is 2.92. The first-order valence-corrected chi connectivity index (χ1v) is 16.4. The highest BCUT2D eigenvalue weighted by molar-refractivity contribution is 5.82. The van der Waals surface area contributed by atoms with Gasteiger partial charge in [0.1, 0.15) is 11.5 Å². The third-order valence-corrected chi connectivity index (χ3v) is 10.0. The molecule has 0 unspecified atom stereocenters. The molecule has 1 amide bonds. The second-order valence-corrected chi connectivity index (χ2v) is 13.3. The number of aliphatic hydroxyl groups is 1. The number of nitrogens with zero attached hydrogens (tertiary/aromatic N) is 4. The number of carbonyl (C=O) groups is 1. The molecule has 47 heavy (non-hydrogen) atoms. The zero-order valence-corrected chi connectivity index (χ0v) is 26.6. The predicted molar refractivity (Wildman–Crippen MR) is 180 cm³/mol. The number of aromatic amines is 1. The third-order valence-electron chi connectivity index (χ3n) is 10.0. The molecule has 2 fully saturated rings. The molecule has 242 valence electrons. The Balaban J connectivity index is 1.03. The van der Waals surface area contributed by atoms with E-state index in [4.69, 9.17) is 0 Å². The number of fused-ring (bicyclic) bond motifs is 1. The fourth-order valence-corrected chi connectivity index (χ4v) is 7.28. The van der Waals surface area contributed by atoms with Crippen LogP contribution in [0.5, 0.6) is 0 Å². The van der Waals surface area contributed by atoms with Crippen LogP contribution in [-0.2, 0) is 17.9 Å². The maximum Gasteiger partial charge on any atom is 0.262 e. The van der Waals surface area contributed by atoms with Crippen LogP contribution in [0.2, 0.25) is 0 Å². The zero-order valence-electron chi connectivity index (χ0n) is 26.6. The molecule has 7 rings (SSSR count). The number of nitrogens with one attached hydrogen (secondary N) is 1. The second-order valence-electron chi connectivity index (χ2n) is 13.3. The molecule has 5 aromatic rings. The summed E-state index contributed by atoms with van der Waals surface area (Å²) < 4.78 is 15.8. The molecule has 2 N–H and O–H groups in total. The molecule has 2 aromatic heterocycles. The van der Waals surface area contributed by atoms with Crippen molar-refractivity contribution >= 4 is 16.9 Å². The molecule has 8 nitrogen and oxygen atoms in total. The Bertz CT molecular complexity index is 1930. The Hall–Kier alpha value is -4.60. The van der Waals surface area contributed by atoms with Crippen LogP contribution in [0.15, 0.2) is 96.1 Å². The Morgan fingerprint density at radius 1 is 1.00 bits per heavy atom. The van der Waals surface area contributed by atoms with Gasteiger partial charge in [0.25, 0.3) is 5.56 Å². The van der Waals surface area contributed by atoms with E-state index in [2.05, 4.69) is 58.2 Å². The normalized spacial score (nSPS) is 20.0. The summed E-state index contributed by atoms with van der Waals surface area (Å²) in [6, 6.07) is 27.0. The van der Waals surface area contributed by atoms with Crippen LogP contribution in [0.3, 0.4) is 0 Å². The van der Waals surface area contributed by atoms with E-state index in [-0.39, 0.29) is 29.8 Å². The van der Waals surface area contributed by atoms with Crippen LogP contribution in [0.25, 0.3) is 22.3 Å². The standard InChI is InChI=1S/C38H40FN5O3/c1-26-11-13-27(14-12-26)22-42-18-15-29(32(23-42)28-7-3-2-4-8-28)36(45)43-19-16-38(47,17-20-43)24-44-25-40-35-31(37(44)46)21-34(41-35)30-9-5-6-10-33(30)39/h2-14,21,25,29,32,41,47H,15-20,22-24H2,1H3/t29-,32+/m1/s1. The van der Waals surface area contributed by atoms with Crippen molar-refractivity contribution in [2.75, 3.05) is 26.2 Å². The van der Waals surface area contributed by atoms with Crippen molar-refractivity contribution in [1.29, 1.82) is 0 Å². The number of carbonyl (C=O) groups excluding carboxylic acids is 1. The highest BCUT2D eigenvalue weighted by Crippen LogP contribution is 2.36. The highest BCUT2D eigenvalue weighted by atomic mass is 19.1. The first-order valence-electron chi connectivity index (χ1n) is 16.4. The lowest BCUT2D eigenvalue weighted by molar-refractivity contribution is -0.142. The lowest BCUT2D eigenvalue weighted by Crippen LogP contribution is -2.53. The van der Waals surface area contributed by atoms with Crippen LogP contribution in [-0.4, -0.2) is 67.1 Å². The number of H-pyrrole nitrogens is 1. The Morgan fingerprint density at radius 3 is 2.47 bits per heavy atom. The number of halogens is 1. The molecular weight excluding hydrogens is 593 g/mol. The van der Waals surface area contributed by atoms with Gasteiger partial charge in [-0.25, -0.2) is 9.37 Å². The number of benzene rings is 3. The van der Waals surface area contributed by atoms with Gasteiger partial charge in [-0.05, 0) is 62.1 Å². The first kappa shape index (κ1) is 31.0. The maximum atomic E-state index is 14.4. The van der Waals surface area contributed by atoms with E-state index >= 15 is 0 Å². The van der Waals surface area contributed by atoms with Crippen molar-refractivity contribution in [2.45, 2.75) is 50.8 Å². The Kier molecular flexibility index (Phi) is 8.51. The van der Waals surface area contributed by atoms with Gasteiger partial charge in [0.05, 0.1) is 29.6 Å². The van der Waals surface area contributed by atoms with E-state index in [0.29, 0.717) is 48.2 Å². The minimum Gasteiger partial charge on any atom is -0.388 e. The van der Waals surface area contributed by atoms with Crippen LogP contribution in [0, 0.1) is 18.7 Å². The van der Waals surface area contributed by atoms with E-state index in [0.717, 1.165) is 26.1 Å². The fraction of sp³-hybridized carbons (Fsp3) is 0.342. The van der Waals surface area contributed by atoms with E-state index in [1.807, 2.05) is 23.1 Å². The average molecular weight is 634 g/mol. The van der Waals surface area contributed by atoms with Gasteiger partial charge in [-0.3, -0.25) is 19.1 Å². The second kappa shape index (κ2) is 12.9. The number of rotatable bonds is 7. The van der Waals surface area contributed by atoms with Gasteiger partial charge < -0.3 is 15.0 Å². The molecule has 0 bridgehead atoms. The van der Waals surface area contributed by atoms with Crippen LogP contribution >= 0.6 is 0 Å².